The van der Waals surface area contributed by atoms with Crippen molar-refractivity contribution in [1.82, 2.24) is 4.90 Å². The summed E-state index contributed by atoms with van der Waals surface area (Å²) in [5.74, 6) is 0.118. The van der Waals surface area contributed by atoms with Crippen molar-refractivity contribution in [2.75, 3.05) is 27.9 Å². The second-order valence-corrected chi connectivity index (χ2v) is 5.88. The lowest BCUT2D eigenvalue weighted by molar-refractivity contribution is -0.132. The number of aryl methyl sites for hydroxylation is 1. The summed E-state index contributed by atoms with van der Waals surface area (Å²) in [6.45, 7) is 2.39. The van der Waals surface area contributed by atoms with Crippen LogP contribution in [0.15, 0.2) is 42.5 Å². The van der Waals surface area contributed by atoms with Crippen LogP contribution in [0.3, 0.4) is 0 Å². The van der Waals surface area contributed by atoms with Crippen molar-refractivity contribution in [1.29, 1.82) is 0 Å². The fourth-order valence-electron chi connectivity index (χ4n) is 2.34. The molecule has 0 unspecified atom stereocenters. The van der Waals surface area contributed by atoms with E-state index in [1.54, 1.807) is 24.1 Å². The lowest BCUT2D eigenvalue weighted by atomic mass is 10.1. The highest BCUT2D eigenvalue weighted by Crippen LogP contribution is 2.28. The van der Waals surface area contributed by atoms with Gasteiger partial charge in [0, 0.05) is 13.6 Å². The number of hydrogen-bond donors (Lipinski definition) is 0. The number of nitrogens with zero attached hydrogens (tertiary/aromatic N) is 1. The van der Waals surface area contributed by atoms with Crippen molar-refractivity contribution in [3.8, 4) is 11.5 Å². The Morgan fingerprint density at radius 3 is 2.31 bits per heavy atom. The van der Waals surface area contributed by atoms with Crippen LogP contribution in [-0.4, -0.2) is 44.7 Å². The second kappa shape index (κ2) is 8.89. The molecule has 0 N–H and O–H groups in total. The molecular formula is C20H23NO5. The molecule has 0 aliphatic carbocycles. The predicted octanol–water partition coefficient (Wildman–Crippen LogP) is 2.83. The van der Waals surface area contributed by atoms with Gasteiger partial charge in [0.15, 0.2) is 18.1 Å². The number of carbonyl (C=O) groups is 2. The van der Waals surface area contributed by atoms with Crippen LogP contribution in [-0.2, 0) is 16.1 Å². The lowest BCUT2D eigenvalue weighted by Gasteiger charge is -2.18. The fraction of sp³-hybridized carbons (Fsp3) is 0.300. The molecule has 2 rings (SSSR count). The van der Waals surface area contributed by atoms with Crippen molar-refractivity contribution < 1.29 is 23.8 Å². The average molecular weight is 357 g/mol. The predicted molar refractivity (Wildman–Crippen MR) is 97.5 cm³/mol. The monoisotopic (exact) mass is 357 g/mol. The molecule has 0 radical (unpaired) electrons. The normalized spacial score (nSPS) is 10.2. The first-order valence-electron chi connectivity index (χ1n) is 8.13. The summed E-state index contributed by atoms with van der Waals surface area (Å²) in [4.78, 5) is 25.5. The fourth-order valence-corrected chi connectivity index (χ4v) is 2.34. The third-order valence-electron chi connectivity index (χ3n) is 3.90. The number of benzene rings is 2. The van der Waals surface area contributed by atoms with Gasteiger partial charge in [0.2, 0.25) is 0 Å². The van der Waals surface area contributed by atoms with E-state index in [4.69, 9.17) is 9.47 Å². The minimum atomic E-state index is -0.469. The van der Waals surface area contributed by atoms with Gasteiger partial charge in [-0.2, -0.15) is 0 Å². The summed E-state index contributed by atoms with van der Waals surface area (Å²) < 4.78 is 15.5. The Balaban J connectivity index is 1.97. The molecule has 0 bridgehead atoms. The zero-order valence-corrected chi connectivity index (χ0v) is 15.4. The van der Waals surface area contributed by atoms with Gasteiger partial charge in [0.25, 0.3) is 5.91 Å². The van der Waals surface area contributed by atoms with Crippen LogP contribution in [0.2, 0.25) is 0 Å². The number of methoxy groups -OCH3 is 2. The number of rotatable bonds is 7. The first kappa shape index (κ1) is 19.3. The van der Waals surface area contributed by atoms with E-state index in [1.807, 2.05) is 31.2 Å². The van der Waals surface area contributed by atoms with E-state index in [9.17, 15) is 9.59 Å². The van der Waals surface area contributed by atoms with Gasteiger partial charge in [-0.25, -0.2) is 4.79 Å². The number of hydrogen-bond acceptors (Lipinski definition) is 5. The summed E-state index contributed by atoms with van der Waals surface area (Å²) >= 11 is 0. The molecule has 0 fully saturated rings. The molecule has 6 heteroatoms. The van der Waals surface area contributed by atoms with E-state index in [-0.39, 0.29) is 12.5 Å². The molecule has 0 heterocycles. The van der Waals surface area contributed by atoms with E-state index in [1.165, 1.54) is 25.8 Å². The Morgan fingerprint density at radius 1 is 1.00 bits per heavy atom. The largest absolute Gasteiger partial charge is 0.493 e. The number of amides is 1. The third-order valence-corrected chi connectivity index (χ3v) is 3.90. The van der Waals surface area contributed by atoms with Gasteiger partial charge in [0.05, 0.1) is 19.8 Å². The van der Waals surface area contributed by atoms with Gasteiger partial charge in [-0.1, -0.05) is 29.8 Å². The van der Waals surface area contributed by atoms with E-state index < -0.39 is 5.97 Å². The van der Waals surface area contributed by atoms with Gasteiger partial charge in [-0.15, -0.1) is 0 Å². The van der Waals surface area contributed by atoms with Gasteiger partial charge in [-0.05, 0) is 30.7 Å². The van der Waals surface area contributed by atoms with Crippen LogP contribution >= 0.6 is 0 Å². The minimum absolute atomic E-state index is 0.129. The topological polar surface area (TPSA) is 65.1 Å². The van der Waals surface area contributed by atoms with Gasteiger partial charge >= 0.3 is 5.97 Å². The molecule has 0 saturated carbocycles. The lowest BCUT2D eigenvalue weighted by Crippen LogP contribution is -2.31. The van der Waals surface area contributed by atoms with Gasteiger partial charge < -0.3 is 19.1 Å². The standard InChI is InChI=1S/C20H23NO5/c1-14-5-7-15(8-6-14)12-21(2)19(22)13-26-17-10-9-16(20(23)25-4)11-18(17)24-3/h5-11H,12-13H2,1-4H3. The maximum Gasteiger partial charge on any atom is 0.337 e. The van der Waals surface area contributed by atoms with Gasteiger partial charge in [-0.3, -0.25) is 4.79 Å². The number of ether oxygens (including phenoxy) is 3. The highest BCUT2D eigenvalue weighted by Gasteiger charge is 2.14. The first-order valence-corrected chi connectivity index (χ1v) is 8.13. The Labute approximate surface area is 153 Å². The van der Waals surface area contributed by atoms with E-state index in [0.29, 0.717) is 23.6 Å². The van der Waals surface area contributed by atoms with Crippen LogP contribution in [0.25, 0.3) is 0 Å². The van der Waals surface area contributed by atoms with Crippen LogP contribution in [0.4, 0.5) is 0 Å². The highest BCUT2D eigenvalue weighted by atomic mass is 16.5. The molecule has 0 aliphatic rings. The van der Waals surface area contributed by atoms with Crippen LogP contribution < -0.4 is 9.47 Å². The summed E-state index contributed by atoms with van der Waals surface area (Å²) in [7, 11) is 4.50. The van der Waals surface area contributed by atoms with Crippen molar-refractivity contribution >= 4 is 11.9 Å². The Bertz CT molecular complexity index is 770. The first-order chi connectivity index (χ1) is 12.4. The SMILES string of the molecule is COC(=O)c1ccc(OCC(=O)N(C)Cc2ccc(C)cc2)c(OC)c1. The maximum atomic E-state index is 12.3. The zero-order valence-electron chi connectivity index (χ0n) is 15.4. The molecule has 2 aromatic rings. The van der Waals surface area contributed by atoms with Crippen molar-refractivity contribution in [3.05, 3.63) is 59.2 Å². The number of esters is 1. The Hall–Kier alpha value is -3.02. The number of carbonyl (C=O) groups excluding carboxylic acids is 2. The Morgan fingerprint density at radius 2 is 1.69 bits per heavy atom. The quantitative estimate of drug-likeness (QED) is 0.713. The molecule has 0 spiro atoms. The van der Waals surface area contributed by atoms with Crippen LogP contribution in [0, 0.1) is 6.92 Å². The van der Waals surface area contributed by atoms with E-state index >= 15 is 0 Å². The highest BCUT2D eigenvalue weighted by molar-refractivity contribution is 5.90. The third kappa shape index (κ3) is 4.99. The Kier molecular flexibility index (Phi) is 6.60. The van der Waals surface area contributed by atoms with Gasteiger partial charge in [0.1, 0.15) is 0 Å². The second-order valence-electron chi connectivity index (χ2n) is 5.88. The van der Waals surface area contributed by atoms with Crippen molar-refractivity contribution in [3.63, 3.8) is 0 Å². The maximum absolute atomic E-state index is 12.3. The van der Waals surface area contributed by atoms with Crippen molar-refractivity contribution in [2.45, 2.75) is 13.5 Å². The zero-order chi connectivity index (χ0) is 19.1. The smallest absolute Gasteiger partial charge is 0.337 e. The molecule has 0 saturated heterocycles. The molecule has 26 heavy (non-hydrogen) atoms. The van der Waals surface area contributed by atoms with E-state index in [2.05, 4.69) is 4.74 Å². The van der Waals surface area contributed by atoms with Crippen molar-refractivity contribution in [2.24, 2.45) is 0 Å². The molecule has 6 nitrogen and oxygen atoms in total. The minimum Gasteiger partial charge on any atom is -0.493 e. The molecule has 138 valence electrons. The molecule has 2 aromatic carbocycles. The van der Waals surface area contributed by atoms with Crippen LogP contribution in [0.1, 0.15) is 21.5 Å². The number of likely N-dealkylation sites (N-methyl/N-ethyl adjacent to an activating group) is 1. The molecule has 0 aromatic heterocycles. The summed E-state index contributed by atoms with van der Waals surface area (Å²) in [5, 5.41) is 0. The van der Waals surface area contributed by atoms with E-state index in [0.717, 1.165) is 5.56 Å². The van der Waals surface area contributed by atoms with Crippen LogP contribution in [0.5, 0.6) is 11.5 Å². The molecule has 0 aliphatic heterocycles. The summed E-state index contributed by atoms with van der Waals surface area (Å²) in [6.07, 6.45) is 0. The summed E-state index contributed by atoms with van der Waals surface area (Å²) in [6, 6.07) is 12.7. The molecule has 0 atom stereocenters. The molecule has 1 amide bonds. The average Bonchev–Trinajstić information content (AvgIpc) is 2.66. The molecular weight excluding hydrogens is 334 g/mol. The summed E-state index contributed by atoms with van der Waals surface area (Å²) in [5.41, 5.74) is 2.57.